The summed E-state index contributed by atoms with van der Waals surface area (Å²) in [5.41, 5.74) is 2.84. The van der Waals surface area contributed by atoms with Crippen LogP contribution in [0.2, 0.25) is 0 Å². The van der Waals surface area contributed by atoms with Crippen LogP contribution in [0.15, 0.2) is 42.5 Å². The zero-order chi connectivity index (χ0) is 20.9. The fraction of sp³-hybridized carbons (Fsp3) is 0.375. The van der Waals surface area contributed by atoms with Gasteiger partial charge in [-0.1, -0.05) is 44.5 Å². The van der Waals surface area contributed by atoms with E-state index >= 15 is 0 Å². The van der Waals surface area contributed by atoms with Crippen LogP contribution in [-0.4, -0.2) is 19.2 Å². The SMILES string of the molecule is COc1cc(/C=C/C(=O)Oc2ccc(C)cc2C(C)(C)C)ccc1OC(C)C. The smallest absolute Gasteiger partial charge is 0.336 e. The molecule has 0 bridgehead atoms. The molecule has 0 saturated carbocycles. The van der Waals surface area contributed by atoms with Gasteiger partial charge in [0.15, 0.2) is 11.5 Å². The van der Waals surface area contributed by atoms with Gasteiger partial charge < -0.3 is 14.2 Å². The average Bonchev–Trinajstić information content (AvgIpc) is 2.61. The monoisotopic (exact) mass is 382 g/mol. The first-order valence-corrected chi connectivity index (χ1v) is 9.46. The van der Waals surface area contributed by atoms with Crippen LogP contribution in [-0.2, 0) is 10.2 Å². The van der Waals surface area contributed by atoms with Crippen molar-refractivity contribution in [2.75, 3.05) is 7.11 Å². The molecule has 4 nitrogen and oxygen atoms in total. The number of hydrogen-bond donors (Lipinski definition) is 0. The van der Waals surface area contributed by atoms with Crippen LogP contribution in [0.25, 0.3) is 6.08 Å². The van der Waals surface area contributed by atoms with E-state index in [-0.39, 0.29) is 11.5 Å². The zero-order valence-electron chi connectivity index (χ0n) is 17.8. The molecule has 0 saturated heterocycles. The number of benzene rings is 2. The molecule has 0 heterocycles. The third-order valence-corrected chi connectivity index (χ3v) is 4.12. The van der Waals surface area contributed by atoms with Crippen molar-refractivity contribution in [3.8, 4) is 17.2 Å². The van der Waals surface area contributed by atoms with E-state index in [4.69, 9.17) is 14.2 Å². The molecule has 150 valence electrons. The van der Waals surface area contributed by atoms with Crippen LogP contribution in [0.4, 0.5) is 0 Å². The Morgan fingerprint density at radius 1 is 1.00 bits per heavy atom. The Kier molecular flexibility index (Phi) is 6.90. The molecule has 4 heteroatoms. The van der Waals surface area contributed by atoms with Crippen molar-refractivity contribution in [2.45, 2.75) is 53.1 Å². The van der Waals surface area contributed by atoms with E-state index in [0.29, 0.717) is 17.2 Å². The van der Waals surface area contributed by atoms with E-state index < -0.39 is 5.97 Å². The Labute approximate surface area is 168 Å². The Balaban J connectivity index is 2.17. The van der Waals surface area contributed by atoms with E-state index in [1.165, 1.54) is 6.08 Å². The lowest BCUT2D eigenvalue weighted by Crippen LogP contribution is -2.15. The first-order chi connectivity index (χ1) is 13.1. The van der Waals surface area contributed by atoms with Gasteiger partial charge in [0, 0.05) is 11.6 Å². The van der Waals surface area contributed by atoms with Gasteiger partial charge in [-0.3, -0.25) is 0 Å². The molecule has 28 heavy (non-hydrogen) atoms. The number of rotatable bonds is 6. The molecular weight excluding hydrogens is 352 g/mol. The quantitative estimate of drug-likeness (QED) is 0.365. The van der Waals surface area contributed by atoms with Gasteiger partial charge in [-0.25, -0.2) is 4.79 Å². The van der Waals surface area contributed by atoms with Crippen molar-refractivity contribution in [1.29, 1.82) is 0 Å². The summed E-state index contributed by atoms with van der Waals surface area (Å²) in [4.78, 5) is 12.4. The number of carbonyl (C=O) groups is 1. The highest BCUT2D eigenvalue weighted by Gasteiger charge is 2.20. The van der Waals surface area contributed by atoms with Gasteiger partial charge in [0.25, 0.3) is 0 Å². The second-order valence-corrected chi connectivity index (χ2v) is 8.08. The molecule has 2 aromatic rings. The Morgan fingerprint density at radius 3 is 2.29 bits per heavy atom. The lowest BCUT2D eigenvalue weighted by atomic mass is 9.85. The summed E-state index contributed by atoms with van der Waals surface area (Å²) in [7, 11) is 1.59. The van der Waals surface area contributed by atoms with Crippen molar-refractivity contribution >= 4 is 12.0 Å². The van der Waals surface area contributed by atoms with Crippen molar-refractivity contribution < 1.29 is 19.0 Å². The van der Waals surface area contributed by atoms with E-state index in [9.17, 15) is 4.79 Å². The standard InChI is InChI=1S/C24H30O4/c1-16(2)27-21-12-9-18(15-22(21)26-7)10-13-23(25)28-20-11-8-17(3)14-19(20)24(4,5)6/h8-16H,1-7H3/b13-10+. The molecule has 0 fully saturated rings. The molecule has 0 aliphatic carbocycles. The van der Waals surface area contributed by atoms with Crippen LogP contribution in [0, 0.1) is 6.92 Å². The van der Waals surface area contributed by atoms with Gasteiger partial charge in [-0.15, -0.1) is 0 Å². The van der Waals surface area contributed by atoms with Gasteiger partial charge in [0.1, 0.15) is 5.75 Å². The van der Waals surface area contributed by atoms with E-state index in [1.54, 1.807) is 13.2 Å². The van der Waals surface area contributed by atoms with Crippen LogP contribution < -0.4 is 14.2 Å². The molecule has 0 atom stereocenters. The highest BCUT2D eigenvalue weighted by molar-refractivity contribution is 5.89. The number of ether oxygens (including phenoxy) is 3. The first kappa shape index (κ1) is 21.5. The maximum Gasteiger partial charge on any atom is 0.336 e. The predicted molar refractivity (Wildman–Crippen MR) is 113 cm³/mol. The second-order valence-electron chi connectivity index (χ2n) is 8.08. The van der Waals surface area contributed by atoms with Gasteiger partial charge in [-0.2, -0.15) is 0 Å². The third-order valence-electron chi connectivity index (χ3n) is 4.12. The fourth-order valence-corrected chi connectivity index (χ4v) is 2.76. The van der Waals surface area contributed by atoms with Crippen LogP contribution >= 0.6 is 0 Å². The molecule has 2 rings (SSSR count). The average molecular weight is 383 g/mol. The Bertz CT molecular complexity index is 857. The molecule has 0 amide bonds. The molecule has 0 N–H and O–H groups in total. The summed E-state index contributed by atoms with van der Waals surface area (Å²) < 4.78 is 16.7. The highest BCUT2D eigenvalue weighted by Crippen LogP contribution is 2.32. The fourth-order valence-electron chi connectivity index (χ4n) is 2.76. The van der Waals surface area contributed by atoms with Crippen molar-refractivity contribution in [3.05, 3.63) is 59.2 Å². The van der Waals surface area contributed by atoms with E-state index in [1.807, 2.05) is 51.1 Å². The molecule has 0 aromatic heterocycles. The zero-order valence-corrected chi connectivity index (χ0v) is 17.8. The molecule has 0 spiro atoms. The highest BCUT2D eigenvalue weighted by atomic mass is 16.5. The van der Waals surface area contributed by atoms with Crippen molar-refractivity contribution in [3.63, 3.8) is 0 Å². The molecule has 2 aromatic carbocycles. The van der Waals surface area contributed by atoms with Gasteiger partial charge in [0.2, 0.25) is 0 Å². The maximum absolute atomic E-state index is 12.4. The first-order valence-electron chi connectivity index (χ1n) is 9.46. The number of esters is 1. The lowest BCUT2D eigenvalue weighted by Gasteiger charge is -2.22. The normalized spacial score (nSPS) is 11.7. The molecular formula is C24H30O4. The molecule has 0 radical (unpaired) electrons. The maximum atomic E-state index is 12.4. The minimum absolute atomic E-state index is 0.0526. The summed E-state index contributed by atoms with van der Waals surface area (Å²) in [6, 6.07) is 11.4. The number of methoxy groups -OCH3 is 1. The second kappa shape index (κ2) is 8.96. The largest absolute Gasteiger partial charge is 0.493 e. The lowest BCUT2D eigenvalue weighted by molar-refractivity contribution is -0.129. The minimum atomic E-state index is -0.421. The topological polar surface area (TPSA) is 44.8 Å². The van der Waals surface area contributed by atoms with Crippen molar-refractivity contribution in [2.24, 2.45) is 0 Å². The predicted octanol–water partition coefficient (Wildman–Crippen LogP) is 5.71. The third kappa shape index (κ3) is 5.88. The molecule has 0 aliphatic heterocycles. The van der Waals surface area contributed by atoms with E-state index in [0.717, 1.165) is 16.7 Å². The summed E-state index contributed by atoms with van der Waals surface area (Å²) in [6.07, 6.45) is 3.18. The Hall–Kier alpha value is -2.75. The van der Waals surface area contributed by atoms with Crippen LogP contribution in [0.1, 0.15) is 51.3 Å². The molecule has 0 unspecified atom stereocenters. The van der Waals surface area contributed by atoms with Gasteiger partial charge in [-0.05, 0) is 56.0 Å². The number of carbonyl (C=O) groups excluding carboxylic acids is 1. The van der Waals surface area contributed by atoms with Crippen molar-refractivity contribution in [1.82, 2.24) is 0 Å². The van der Waals surface area contributed by atoms with Gasteiger partial charge in [0.05, 0.1) is 13.2 Å². The summed E-state index contributed by atoms with van der Waals surface area (Å²) >= 11 is 0. The Morgan fingerprint density at radius 2 is 1.68 bits per heavy atom. The summed E-state index contributed by atoms with van der Waals surface area (Å²) in [6.45, 7) is 12.2. The molecule has 0 aliphatic rings. The van der Waals surface area contributed by atoms with Crippen LogP contribution in [0.3, 0.4) is 0 Å². The minimum Gasteiger partial charge on any atom is -0.493 e. The number of hydrogen-bond acceptors (Lipinski definition) is 4. The summed E-state index contributed by atoms with van der Waals surface area (Å²) in [5.74, 6) is 1.46. The van der Waals surface area contributed by atoms with Crippen LogP contribution in [0.5, 0.6) is 17.2 Å². The van der Waals surface area contributed by atoms with E-state index in [2.05, 4.69) is 26.8 Å². The van der Waals surface area contributed by atoms with Gasteiger partial charge >= 0.3 is 5.97 Å². The summed E-state index contributed by atoms with van der Waals surface area (Å²) in [5, 5.41) is 0. The number of aryl methyl sites for hydroxylation is 1.